The minimum absolute atomic E-state index is 0.00940. The zero-order chi connectivity index (χ0) is 26.2. The highest BCUT2D eigenvalue weighted by Gasteiger charge is 2.52. The van der Waals surface area contributed by atoms with E-state index in [1.807, 2.05) is 16.7 Å². The van der Waals surface area contributed by atoms with E-state index in [-0.39, 0.29) is 5.56 Å². The summed E-state index contributed by atoms with van der Waals surface area (Å²) in [6.07, 6.45) is 3.54. The lowest BCUT2D eigenvalue weighted by atomic mass is 9.70. The van der Waals surface area contributed by atoms with Gasteiger partial charge in [0, 0.05) is 39.5 Å². The fourth-order valence-electron chi connectivity index (χ4n) is 8.06. The second kappa shape index (κ2) is 6.83. The maximum Gasteiger partial charge on any atom is 0.263 e. The van der Waals surface area contributed by atoms with Crippen LogP contribution in [0.25, 0.3) is 60.2 Å². The largest absolute Gasteiger partial charge is 0.274 e. The number of nitrogens with zero attached hydrogens (tertiary/aromatic N) is 2. The van der Waals surface area contributed by atoms with Crippen molar-refractivity contribution in [2.24, 2.45) is 0 Å². The van der Waals surface area contributed by atoms with E-state index in [0.29, 0.717) is 5.39 Å². The van der Waals surface area contributed by atoms with Crippen LogP contribution in [0.1, 0.15) is 22.3 Å². The molecule has 8 aromatic rings. The van der Waals surface area contributed by atoms with Crippen LogP contribution in [-0.2, 0) is 5.41 Å². The van der Waals surface area contributed by atoms with Gasteiger partial charge in [-0.05, 0) is 45.0 Å². The van der Waals surface area contributed by atoms with Crippen molar-refractivity contribution in [2.45, 2.75) is 5.41 Å². The van der Waals surface area contributed by atoms with Crippen LogP contribution < -0.4 is 5.56 Å². The summed E-state index contributed by atoms with van der Waals surface area (Å²) in [5, 5.41) is 4.87. The van der Waals surface area contributed by atoms with E-state index in [0.717, 1.165) is 38.1 Å². The molecule has 0 amide bonds. The van der Waals surface area contributed by atoms with Gasteiger partial charge in [0.2, 0.25) is 0 Å². The highest BCUT2D eigenvalue weighted by atomic mass is 16.1. The molecule has 3 heterocycles. The van der Waals surface area contributed by atoms with Crippen LogP contribution in [0.3, 0.4) is 0 Å². The average Bonchev–Trinajstić information content (AvgIpc) is 3.62. The molecule has 0 saturated heterocycles. The first kappa shape index (κ1) is 20.7. The van der Waals surface area contributed by atoms with Gasteiger partial charge in [0.1, 0.15) is 0 Å². The molecule has 0 saturated carbocycles. The minimum atomic E-state index is -0.438. The Balaban J connectivity index is 1.50. The number of rotatable bonds is 0. The van der Waals surface area contributed by atoms with Crippen molar-refractivity contribution in [1.82, 2.24) is 9.38 Å². The SMILES string of the molecule is O=c1c2ccncc2c2cccc3c4ccc5c(c4n1c23)-c1ccccc1C51c2ccccc2-c2ccccc21. The first-order valence-corrected chi connectivity index (χ1v) is 13.7. The Morgan fingerprint density at radius 1 is 0.500 bits per heavy atom. The van der Waals surface area contributed by atoms with Crippen LogP contribution >= 0.6 is 0 Å². The molecule has 0 unspecified atom stereocenters. The Hall–Kier alpha value is -5.28. The molecule has 0 atom stereocenters. The fourth-order valence-corrected chi connectivity index (χ4v) is 8.06. The van der Waals surface area contributed by atoms with Crippen molar-refractivity contribution in [1.29, 1.82) is 0 Å². The third-order valence-electron chi connectivity index (χ3n) is 9.45. The smallest absolute Gasteiger partial charge is 0.263 e. The van der Waals surface area contributed by atoms with Crippen LogP contribution in [-0.4, -0.2) is 9.38 Å². The highest BCUT2D eigenvalue weighted by molar-refractivity contribution is 6.23. The number of pyridine rings is 2. The van der Waals surface area contributed by atoms with Gasteiger partial charge in [-0.2, -0.15) is 0 Å². The molecule has 3 nitrogen and oxygen atoms in total. The van der Waals surface area contributed by atoms with E-state index in [9.17, 15) is 4.79 Å². The van der Waals surface area contributed by atoms with Gasteiger partial charge in [0.15, 0.2) is 0 Å². The standard InChI is InChI=1S/C37H20N2O/c40-36-26-18-19-38-20-28(26)24-12-7-11-23-25-16-17-32-33(35(25)39(36)34(23)24)27-10-3-6-15-31(27)37(32)29-13-4-1-8-21(29)22-9-2-5-14-30(22)37/h1-20H. The van der Waals surface area contributed by atoms with Crippen LogP contribution in [0.4, 0.5) is 0 Å². The molecular formula is C37H20N2O. The topological polar surface area (TPSA) is 34.4 Å². The second-order valence-electron chi connectivity index (χ2n) is 11.0. The van der Waals surface area contributed by atoms with Gasteiger partial charge in [-0.3, -0.25) is 14.2 Å². The maximum absolute atomic E-state index is 14.3. The van der Waals surface area contributed by atoms with Crippen molar-refractivity contribution in [3.8, 4) is 22.3 Å². The molecule has 10 rings (SSSR count). The highest BCUT2D eigenvalue weighted by Crippen LogP contribution is 2.63. The van der Waals surface area contributed by atoms with Gasteiger partial charge in [0.25, 0.3) is 5.56 Å². The number of hydrogen-bond donors (Lipinski definition) is 0. The summed E-state index contributed by atoms with van der Waals surface area (Å²) in [6, 6.07) is 39.2. The molecule has 3 aromatic heterocycles. The van der Waals surface area contributed by atoms with Crippen LogP contribution in [0.15, 0.2) is 126 Å². The lowest BCUT2D eigenvalue weighted by Crippen LogP contribution is -2.25. The molecule has 0 aliphatic heterocycles. The van der Waals surface area contributed by atoms with Gasteiger partial charge >= 0.3 is 0 Å². The molecule has 1 spiro atoms. The zero-order valence-corrected chi connectivity index (χ0v) is 21.3. The van der Waals surface area contributed by atoms with Gasteiger partial charge < -0.3 is 0 Å². The zero-order valence-electron chi connectivity index (χ0n) is 21.3. The van der Waals surface area contributed by atoms with Crippen LogP contribution in [0, 0.1) is 0 Å². The average molecular weight is 509 g/mol. The molecule has 40 heavy (non-hydrogen) atoms. The summed E-state index contributed by atoms with van der Waals surface area (Å²) >= 11 is 0. The van der Waals surface area contributed by atoms with Crippen LogP contribution in [0.5, 0.6) is 0 Å². The van der Waals surface area contributed by atoms with E-state index in [4.69, 9.17) is 0 Å². The van der Waals surface area contributed by atoms with Crippen molar-refractivity contribution in [3.05, 3.63) is 154 Å². The van der Waals surface area contributed by atoms with Gasteiger partial charge in [0.05, 0.1) is 21.8 Å². The van der Waals surface area contributed by atoms with E-state index in [2.05, 4.69) is 108 Å². The lowest BCUT2D eigenvalue weighted by molar-refractivity contribution is 0.794. The molecular weight excluding hydrogens is 488 g/mol. The Labute approximate surface area is 228 Å². The summed E-state index contributed by atoms with van der Waals surface area (Å²) in [5.74, 6) is 0. The summed E-state index contributed by atoms with van der Waals surface area (Å²) in [4.78, 5) is 18.7. The number of aromatic nitrogens is 2. The van der Waals surface area contributed by atoms with E-state index < -0.39 is 5.41 Å². The Kier molecular flexibility index (Phi) is 3.52. The van der Waals surface area contributed by atoms with Crippen molar-refractivity contribution in [3.63, 3.8) is 0 Å². The quantitative estimate of drug-likeness (QED) is 0.195. The molecule has 0 bridgehead atoms. The van der Waals surface area contributed by atoms with Crippen molar-refractivity contribution < 1.29 is 0 Å². The monoisotopic (exact) mass is 508 g/mol. The molecule has 3 heteroatoms. The maximum atomic E-state index is 14.3. The first-order chi connectivity index (χ1) is 19.8. The van der Waals surface area contributed by atoms with E-state index in [1.165, 1.54) is 38.9 Å². The predicted octanol–water partition coefficient (Wildman–Crippen LogP) is 7.94. The van der Waals surface area contributed by atoms with Gasteiger partial charge in [-0.15, -0.1) is 0 Å². The number of benzene rings is 5. The van der Waals surface area contributed by atoms with E-state index >= 15 is 0 Å². The van der Waals surface area contributed by atoms with Gasteiger partial charge in [-0.1, -0.05) is 103 Å². The molecule has 184 valence electrons. The normalized spacial score (nSPS) is 14.3. The lowest BCUT2D eigenvalue weighted by Gasteiger charge is -2.30. The van der Waals surface area contributed by atoms with Crippen molar-refractivity contribution >= 4 is 38.0 Å². The molecule has 5 aromatic carbocycles. The number of para-hydroxylation sites is 1. The third kappa shape index (κ3) is 2.08. The second-order valence-corrected chi connectivity index (χ2v) is 11.0. The molecule has 0 fully saturated rings. The van der Waals surface area contributed by atoms with Gasteiger partial charge in [-0.25, -0.2) is 0 Å². The number of hydrogen-bond acceptors (Lipinski definition) is 2. The Morgan fingerprint density at radius 2 is 1.10 bits per heavy atom. The fraction of sp³-hybridized carbons (Fsp3) is 0.0270. The summed E-state index contributed by atoms with van der Waals surface area (Å²) in [7, 11) is 0. The Bertz CT molecular complexity index is 2420. The summed E-state index contributed by atoms with van der Waals surface area (Å²) in [6.45, 7) is 0. The summed E-state index contributed by atoms with van der Waals surface area (Å²) in [5.41, 5.74) is 11.6. The van der Waals surface area contributed by atoms with Crippen LogP contribution in [0.2, 0.25) is 0 Å². The predicted molar refractivity (Wildman–Crippen MR) is 161 cm³/mol. The van der Waals surface area contributed by atoms with Crippen molar-refractivity contribution in [2.75, 3.05) is 0 Å². The molecule has 0 radical (unpaired) electrons. The summed E-state index contributed by atoms with van der Waals surface area (Å²) < 4.78 is 1.99. The first-order valence-electron chi connectivity index (χ1n) is 13.7. The molecule has 2 aliphatic carbocycles. The Morgan fingerprint density at radius 3 is 1.82 bits per heavy atom. The van der Waals surface area contributed by atoms with E-state index in [1.54, 1.807) is 6.20 Å². The number of fused-ring (bicyclic) bond motifs is 16. The molecule has 2 aliphatic rings. The third-order valence-corrected chi connectivity index (χ3v) is 9.45. The molecule has 0 N–H and O–H groups in total. The minimum Gasteiger partial charge on any atom is -0.274 e.